The van der Waals surface area contributed by atoms with Crippen LogP contribution in [0.3, 0.4) is 0 Å². The van der Waals surface area contributed by atoms with Crippen molar-refractivity contribution in [3.05, 3.63) is 35.9 Å². The minimum Gasteiger partial charge on any atom is -0.403 e. The molecule has 24 heavy (non-hydrogen) atoms. The molecule has 1 aliphatic carbocycles. The lowest BCUT2D eigenvalue weighted by Crippen LogP contribution is -2.51. The van der Waals surface area contributed by atoms with Gasteiger partial charge in [-0.05, 0) is 45.6 Å². The molecule has 1 saturated carbocycles. The van der Waals surface area contributed by atoms with E-state index in [0.717, 1.165) is 6.42 Å². The molecule has 1 aromatic rings. The lowest BCUT2D eigenvalue weighted by Gasteiger charge is -2.44. The second-order valence-electron chi connectivity index (χ2n) is 8.68. The maximum Gasteiger partial charge on any atom is 0.469 e. The van der Waals surface area contributed by atoms with Gasteiger partial charge >= 0.3 is 7.12 Å². The van der Waals surface area contributed by atoms with Gasteiger partial charge in [0.25, 0.3) is 0 Å². The van der Waals surface area contributed by atoms with Crippen LogP contribution in [0.2, 0.25) is 0 Å². The minimum absolute atomic E-state index is 0.0489. The molecule has 0 aromatic heterocycles. The smallest absolute Gasteiger partial charge is 0.403 e. The van der Waals surface area contributed by atoms with Gasteiger partial charge in [0.2, 0.25) is 0 Å². The molecule has 3 heteroatoms. The van der Waals surface area contributed by atoms with Crippen LogP contribution in [0.4, 0.5) is 0 Å². The Kier molecular flexibility index (Phi) is 4.87. The third kappa shape index (κ3) is 2.84. The molecule has 0 spiro atoms. The largest absolute Gasteiger partial charge is 0.469 e. The summed E-state index contributed by atoms with van der Waals surface area (Å²) < 4.78 is 13.2. The van der Waals surface area contributed by atoms with Crippen LogP contribution in [-0.4, -0.2) is 18.3 Å². The molecule has 132 valence electrons. The van der Waals surface area contributed by atoms with Gasteiger partial charge in [-0.25, -0.2) is 0 Å². The Labute approximate surface area is 148 Å². The van der Waals surface area contributed by atoms with Gasteiger partial charge in [0.05, 0.1) is 11.2 Å². The van der Waals surface area contributed by atoms with E-state index in [1.54, 1.807) is 0 Å². The number of benzene rings is 1. The standard InChI is InChI=1S/C21H33BO2/c1-6-21(17-13-9-7-10-14-17,18-15-11-8-12-16-18)22-23-19(2,3)20(4,5)24-22/h7,9-10,13-14,18H,6,8,11-12,15-16H2,1-5H3/t21-/m0/s1. The van der Waals surface area contributed by atoms with E-state index in [9.17, 15) is 0 Å². The van der Waals surface area contributed by atoms with E-state index in [1.165, 1.54) is 37.7 Å². The van der Waals surface area contributed by atoms with Crippen LogP contribution in [-0.2, 0) is 14.6 Å². The molecule has 0 N–H and O–H groups in total. The fourth-order valence-corrected chi connectivity index (χ4v) is 4.64. The summed E-state index contributed by atoms with van der Waals surface area (Å²) in [6.45, 7) is 11.0. The van der Waals surface area contributed by atoms with Crippen molar-refractivity contribution in [2.75, 3.05) is 0 Å². The van der Waals surface area contributed by atoms with E-state index >= 15 is 0 Å². The summed E-state index contributed by atoms with van der Waals surface area (Å²) >= 11 is 0. The van der Waals surface area contributed by atoms with E-state index in [2.05, 4.69) is 65.0 Å². The average molecular weight is 328 g/mol. The molecule has 1 heterocycles. The molecule has 1 atom stereocenters. The Morgan fingerprint density at radius 2 is 1.50 bits per heavy atom. The molecular formula is C21H33BO2. The van der Waals surface area contributed by atoms with Crippen molar-refractivity contribution in [3.63, 3.8) is 0 Å². The van der Waals surface area contributed by atoms with Crippen molar-refractivity contribution in [2.45, 2.75) is 89.7 Å². The SMILES string of the molecule is CC[C@](B1OC(C)(C)C(C)(C)O1)(c1ccccc1)C1CCCCC1. The molecule has 3 rings (SSSR count). The van der Waals surface area contributed by atoms with Gasteiger partial charge in [-0.15, -0.1) is 0 Å². The van der Waals surface area contributed by atoms with Crippen LogP contribution in [0.5, 0.6) is 0 Å². The van der Waals surface area contributed by atoms with Gasteiger partial charge in [0, 0.05) is 5.31 Å². The van der Waals surface area contributed by atoms with Crippen molar-refractivity contribution in [3.8, 4) is 0 Å². The Morgan fingerprint density at radius 1 is 0.958 bits per heavy atom. The molecule has 2 aliphatic rings. The van der Waals surface area contributed by atoms with Gasteiger partial charge in [0.1, 0.15) is 0 Å². The highest BCUT2D eigenvalue weighted by Gasteiger charge is 2.61. The van der Waals surface area contributed by atoms with E-state index in [-0.39, 0.29) is 23.6 Å². The molecular weight excluding hydrogens is 295 g/mol. The summed E-state index contributed by atoms with van der Waals surface area (Å²) in [5.41, 5.74) is 0.834. The quantitative estimate of drug-likeness (QED) is 0.675. The van der Waals surface area contributed by atoms with Crippen molar-refractivity contribution >= 4 is 7.12 Å². The van der Waals surface area contributed by atoms with Gasteiger partial charge in [0.15, 0.2) is 0 Å². The lowest BCUT2D eigenvalue weighted by atomic mass is 9.45. The fourth-order valence-electron chi connectivity index (χ4n) is 4.64. The van der Waals surface area contributed by atoms with Crippen LogP contribution in [0.15, 0.2) is 30.3 Å². The lowest BCUT2D eigenvalue weighted by molar-refractivity contribution is 0.00578. The predicted octanol–water partition coefficient (Wildman–Crippen LogP) is 5.55. The van der Waals surface area contributed by atoms with Crippen LogP contribution < -0.4 is 0 Å². The van der Waals surface area contributed by atoms with Crippen molar-refractivity contribution in [1.82, 2.24) is 0 Å². The molecule has 1 aromatic carbocycles. The Balaban J connectivity index is 2.05. The normalized spacial score (nSPS) is 26.3. The predicted molar refractivity (Wildman–Crippen MR) is 101 cm³/mol. The molecule has 0 bridgehead atoms. The maximum atomic E-state index is 6.61. The second-order valence-corrected chi connectivity index (χ2v) is 8.68. The van der Waals surface area contributed by atoms with Crippen molar-refractivity contribution in [2.24, 2.45) is 5.92 Å². The first kappa shape index (κ1) is 18.0. The zero-order valence-electron chi connectivity index (χ0n) is 16.1. The summed E-state index contributed by atoms with van der Waals surface area (Å²) in [7, 11) is -0.169. The highest BCUT2D eigenvalue weighted by atomic mass is 16.7. The highest BCUT2D eigenvalue weighted by Crippen LogP contribution is 2.51. The van der Waals surface area contributed by atoms with Gasteiger partial charge < -0.3 is 9.31 Å². The zero-order chi connectivity index (χ0) is 17.4. The third-order valence-electron chi connectivity index (χ3n) is 6.90. The monoisotopic (exact) mass is 328 g/mol. The Bertz CT molecular complexity index is 532. The van der Waals surface area contributed by atoms with Crippen LogP contribution >= 0.6 is 0 Å². The summed E-state index contributed by atoms with van der Waals surface area (Å²) in [6, 6.07) is 11.0. The molecule has 2 fully saturated rings. The van der Waals surface area contributed by atoms with E-state index in [4.69, 9.17) is 9.31 Å². The molecule has 1 saturated heterocycles. The molecule has 0 amide bonds. The summed E-state index contributed by atoms with van der Waals surface area (Å²) in [6.07, 6.45) is 7.66. The maximum absolute atomic E-state index is 6.61. The highest BCUT2D eigenvalue weighted by molar-refractivity contribution is 6.50. The number of hydrogen-bond donors (Lipinski definition) is 0. The summed E-state index contributed by atoms with van der Waals surface area (Å²) in [4.78, 5) is 0. The first-order valence-electron chi connectivity index (χ1n) is 9.74. The van der Waals surface area contributed by atoms with Gasteiger partial charge in [-0.2, -0.15) is 0 Å². The molecule has 2 nitrogen and oxygen atoms in total. The summed E-state index contributed by atoms with van der Waals surface area (Å²) in [5, 5.41) is -0.0489. The van der Waals surface area contributed by atoms with E-state index < -0.39 is 0 Å². The molecule has 0 radical (unpaired) electrons. The first-order chi connectivity index (χ1) is 11.3. The Hall–Kier alpha value is -0.795. The molecule has 1 aliphatic heterocycles. The average Bonchev–Trinajstić information content (AvgIpc) is 2.79. The minimum atomic E-state index is -0.276. The summed E-state index contributed by atoms with van der Waals surface area (Å²) in [5.74, 6) is 0.633. The van der Waals surface area contributed by atoms with E-state index in [1.807, 2.05) is 0 Å². The van der Waals surface area contributed by atoms with Crippen LogP contribution in [0, 0.1) is 5.92 Å². The molecule has 0 unspecified atom stereocenters. The topological polar surface area (TPSA) is 18.5 Å². The Morgan fingerprint density at radius 3 is 2.00 bits per heavy atom. The fraction of sp³-hybridized carbons (Fsp3) is 0.714. The third-order valence-corrected chi connectivity index (χ3v) is 6.90. The van der Waals surface area contributed by atoms with E-state index in [0.29, 0.717) is 5.92 Å². The van der Waals surface area contributed by atoms with Gasteiger partial charge in [-0.3, -0.25) is 0 Å². The van der Waals surface area contributed by atoms with Crippen LogP contribution in [0.25, 0.3) is 0 Å². The van der Waals surface area contributed by atoms with Crippen molar-refractivity contribution < 1.29 is 9.31 Å². The second kappa shape index (κ2) is 6.50. The van der Waals surface area contributed by atoms with Crippen LogP contribution in [0.1, 0.15) is 78.7 Å². The number of rotatable bonds is 4. The van der Waals surface area contributed by atoms with Crippen molar-refractivity contribution in [1.29, 1.82) is 0 Å². The van der Waals surface area contributed by atoms with Gasteiger partial charge in [-0.1, -0.05) is 69.4 Å². The first-order valence-corrected chi connectivity index (χ1v) is 9.74. The zero-order valence-corrected chi connectivity index (χ0v) is 16.1. The number of hydrogen-bond acceptors (Lipinski definition) is 2.